The van der Waals surface area contributed by atoms with Gasteiger partial charge in [0, 0.05) is 41.9 Å². The van der Waals surface area contributed by atoms with Crippen LogP contribution in [0.3, 0.4) is 0 Å². The first-order valence-electron chi connectivity index (χ1n) is 11.0. The fourth-order valence-corrected chi connectivity index (χ4v) is 4.84. The molecule has 2 heterocycles. The standard InChI is InChI=1S/C22H27N5O4S/c28-21(24-17-5-6-17)23-16-3-1-15(2-4-16)20-25-18(22(7-8-22)14-32(29)30)13-19(26-20)27-9-11-31-12-10-27/h1-4,13,17H,5-12,14H2,(H,29,30)(H2,23,24,28). The van der Waals surface area contributed by atoms with Crippen LogP contribution in [0.15, 0.2) is 30.3 Å². The van der Waals surface area contributed by atoms with Crippen LogP contribution in [0, 0.1) is 0 Å². The van der Waals surface area contributed by atoms with Gasteiger partial charge in [0.05, 0.1) is 24.7 Å². The molecule has 1 unspecified atom stereocenters. The van der Waals surface area contributed by atoms with Crippen molar-refractivity contribution in [1.82, 2.24) is 15.3 Å². The number of amides is 2. The summed E-state index contributed by atoms with van der Waals surface area (Å²) in [4.78, 5) is 23.8. The van der Waals surface area contributed by atoms with E-state index in [0.29, 0.717) is 30.8 Å². The highest BCUT2D eigenvalue weighted by molar-refractivity contribution is 7.79. The first kappa shape index (κ1) is 21.3. The van der Waals surface area contributed by atoms with Crippen molar-refractivity contribution in [2.45, 2.75) is 37.1 Å². The molecular weight excluding hydrogens is 430 g/mol. The molecule has 1 saturated heterocycles. The van der Waals surface area contributed by atoms with Crippen molar-refractivity contribution >= 4 is 28.6 Å². The zero-order valence-electron chi connectivity index (χ0n) is 17.7. The first-order valence-corrected chi connectivity index (χ1v) is 12.3. The van der Waals surface area contributed by atoms with E-state index in [1.807, 2.05) is 30.3 Å². The molecular formula is C22H27N5O4S. The van der Waals surface area contributed by atoms with Gasteiger partial charge in [-0.25, -0.2) is 19.0 Å². The molecule has 1 aliphatic heterocycles. The van der Waals surface area contributed by atoms with Gasteiger partial charge in [-0.05, 0) is 49.9 Å². The van der Waals surface area contributed by atoms with Gasteiger partial charge in [0.1, 0.15) is 5.82 Å². The van der Waals surface area contributed by atoms with E-state index >= 15 is 0 Å². The quantitative estimate of drug-likeness (QED) is 0.547. The molecule has 3 aliphatic rings. The minimum absolute atomic E-state index is 0.185. The van der Waals surface area contributed by atoms with Gasteiger partial charge in [0.25, 0.3) is 0 Å². The third-order valence-corrected chi connectivity index (χ3v) is 6.96. The van der Waals surface area contributed by atoms with Gasteiger partial charge in [-0.3, -0.25) is 0 Å². The molecule has 2 amide bonds. The Labute approximate surface area is 189 Å². The Balaban J connectivity index is 1.42. The van der Waals surface area contributed by atoms with E-state index in [0.717, 1.165) is 55.8 Å². The highest BCUT2D eigenvalue weighted by atomic mass is 32.2. The number of morpholine rings is 1. The van der Waals surface area contributed by atoms with Gasteiger partial charge in [0.2, 0.25) is 0 Å². The molecule has 170 valence electrons. The van der Waals surface area contributed by atoms with Gasteiger partial charge in [0.15, 0.2) is 16.9 Å². The smallest absolute Gasteiger partial charge is 0.319 e. The van der Waals surface area contributed by atoms with Crippen molar-refractivity contribution < 1.29 is 18.3 Å². The number of nitrogens with one attached hydrogen (secondary N) is 2. The van der Waals surface area contributed by atoms with Crippen LogP contribution in [0.5, 0.6) is 0 Å². The largest absolute Gasteiger partial charge is 0.378 e. The van der Waals surface area contributed by atoms with Crippen LogP contribution in [-0.2, 0) is 21.2 Å². The van der Waals surface area contributed by atoms with E-state index in [4.69, 9.17) is 14.7 Å². The van der Waals surface area contributed by atoms with Gasteiger partial charge in [-0.15, -0.1) is 0 Å². The van der Waals surface area contributed by atoms with Crippen LogP contribution >= 0.6 is 0 Å². The highest BCUT2D eigenvalue weighted by Crippen LogP contribution is 2.48. The van der Waals surface area contributed by atoms with E-state index in [2.05, 4.69) is 15.5 Å². The summed E-state index contributed by atoms with van der Waals surface area (Å²) < 4.78 is 26.6. The third-order valence-electron chi connectivity index (χ3n) is 6.16. The molecule has 32 heavy (non-hydrogen) atoms. The summed E-state index contributed by atoms with van der Waals surface area (Å²) in [6.45, 7) is 2.77. The van der Waals surface area contributed by atoms with Crippen LogP contribution in [-0.4, -0.2) is 62.9 Å². The lowest BCUT2D eigenvalue weighted by molar-refractivity contribution is 0.122. The Hall–Kier alpha value is -2.56. The van der Waals surface area contributed by atoms with Crippen LogP contribution in [0.4, 0.5) is 16.3 Å². The molecule has 0 spiro atoms. The number of carbonyl (C=O) groups is 1. The third kappa shape index (κ3) is 4.92. The van der Waals surface area contributed by atoms with Crippen molar-refractivity contribution in [3.8, 4) is 11.4 Å². The predicted octanol–water partition coefficient (Wildman–Crippen LogP) is 2.52. The number of hydrogen-bond donors (Lipinski definition) is 3. The summed E-state index contributed by atoms with van der Waals surface area (Å²) in [6.07, 6.45) is 3.77. The Morgan fingerprint density at radius 3 is 2.53 bits per heavy atom. The van der Waals surface area contributed by atoms with Gasteiger partial charge >= 0.3 is 6.03 Å². The fraction of sp³-hybridized carbons (Fsp3) is 0.500. The van der Waals surface area contributed by atoms with E-state index in [-0.39, 0.29) is 17.2 Å². The lowest BCUT2D eigenvalue weighted by atomic mass is 10.0. The number of aromatic nitrogens is 2. The van der Waals surface area contributed by atoms with Crippen molar-refractivity contribution in [2.75, 3.05) is 42.3 Å². The Bertz CT molecular complexity index is 1020. The maximum Gasteiger partial charge on any atom is 0.319 e. The van der Waals surface area contributed by atoms with Gasteiger partial charge < -0.3 is 24.8 Å². The molecule has 2 aliphatic carbocycles. The molecule has 9 nitrogen and oxygen atoms in total. The monoisotopic (exact) mass is 457 g/mol. The second-order valence-corrected chi connectivity index (χ2v) is 9.66. The van der Waals surface area contributed by atoms with Crippen LogP contribution in [0.1, 0.15) is 31.4 Å². The predicted molar refractivity (Wildman–Crippen MR) is 122 cm³/mol. The number of urea groups is 1. The van der Waals surface area contributed by atoms with E-state index in [1.54, 1.807) is 0 Å². The number of carbonyl (C=O) groups excluding carboxylic acids is 1. The number of hydrogen-bond acceptors (Lipinski definition) is 6. The molecule has 2 saturated carbocycles. The molecule has 3 N–H and O–H groups in total. The summed E-state index contributed by atoms with van der Waals surface area (Å²) in [6, 6.07) is 9.52. The number of benzene rings is 1. The average molecular weight is 458 g/mol. The van der Waals surface area contributed by atoms with Crippen molar-refractivity contribution in [3.05, 3.63) is 36.0 Å². The molecule has 1 aromatic heterocycles. The Morgan fingerprint density at radius 2 is 1.91 bits per heavy atom. The molecule has 2 aromatic rings. The minimum atomic E-state index is -1.88. The Kier molecular flexibility index (Phi) is 5.83. The van der Waals surface area contributed by atoms with Crippen LogP contribution < -0.4 is 15.5 Å². The molecule has 5 rings (SSSR count). The molecule has 0 radical (unpaired) electrons. The van der Waals surface area contributed by atoms with Crippen molar-refractivity contribution in [3.63, 3.8) is 0 Å². The molecule has 0 bridgehead atoms. The highest BCUT2D eigenvalue weighted by Gasteiger charge is 2.47. The molecule has 10 heteroatoms. The Morgan fingerprint density at radius 1 is 1.19 bits per heavy atom. The molecule has 3 fully saturated rings. The summed E-state index contributed by atoms with van der Waals surface area (Å²) in [5.41, 5.74) is 1.99. The topological polar surface area (TPSA) is 117 Å². The van der Waals surface area contributed by atoms with Crippen molar-refractivity contribution in [2.24, 2.45) is 0 Å². The van der Waals surface area contributed by atoms with Gasteiger partial charge in [-0.1, -0.05) is 0 Å². The van der Waals surface area contributed by atoms with Crippen LogP contribution in [0.25, 0.3) is 11.4 Å². The lowest BCUT2D eigenvalue weighted by Gasteiger charge is -2.29. The molecule has 1 aromatic carbocycles. The van der Waals surface area contributed by atoms with Crippen LogP contribution in [0.2, 0.25) is 0 Å². The minimum Gasteiger partial charge on any atom is -0.378 e. The normalized spacial score (nSPS) is 20.5. The zero-order valence-corrected chi connectivity index (χ0v) is 18.6. The summed E-state index contributed by atoms with van der Waals surface area (Å²) in [5, 5.41) is 5.75. The second-order valence-electron chi connectivity index (χ2n) is 8.73. The lowest BCUT2D eigenvalue weighted by Crippen LogP contribution is -2.37. The number of ether oxygens (including phenoxy) is 1. The summed E-state index contributed by atoms with van der Waals surface area (Å²) in [7, 11) is 0. The van der Waals surface area contributed by atoms with E-state index < -0.39 is 11.1 Å². The number of anilines is 2. The fourth-order valence-electron chi connectivity index (χ4n) is 3.93. The van der Waals surface area contributed by atoms with E-state index in [1.165, 1.54) is 0 Å². The summed E-state index contributed by atoms with van der Waals surface area (Å²) in [5.74, 6) is 1.58. The van der Waals surface area contributed by atoms with E-state index in [9.17, 15) is 13.6 Å². The summed E-state index contributed by atoms with van der Waals surface area (Å²) >= 11 is -1.88. The van der Waals surface area contributed by atoms with Gasteiger partial charge in [-0.2, -0.15) is 0 Å². The number of rotatable bonds is 7. The zero-order chi connectivity index (χ0) is 22.1. The maximum atomic E-state index is 12.0. The maximum absolute atomic E-state index is 12.0. The second kappa shape index (κ2) is 8.76. The first-order chi connectivity index (χ1) is 15.5. The SMILES string of the molecule is O=C(Nc1ccc(-c2nc(N3CCOCC3)cc(C3(CS(=O)O)CC3)n2)cc1)NC1CC1. The number of nitrogens with zero attached hydrogens (tertiary/aromatic N) is 3. The molecule has 1 atom stereocenters. The average Bonchev–Trinajstić information content (AvgIpc) is 3.72. The van der Waals surface area contributed by atoms with Crippen molar-refractivity contribution in [1.29, 1.82) is 0 Å².